The highest BCUT2D eigenvalue weighted by atomic mass is 16.1. The van der Waals surface area contributed by atoms with Crippen LogP contribution in [0.15, 0.2) is 24.3 Å². The van der Waals surface area contributed by atoms with Gasteiger partial charge in [0.05, 0.1) is 6.42 Å². The van der Waals surface area contributed by atoms with E-state index in [1.54, 1.807) is 12.1 Å². The zero-order valence-electron chi connectivity index (χ0n) is 14.1. The third-order valence-electron chi connectivity index (χ3n) is 4.74. The Morgan fingerprint density at radius 1 is 1.35 bits per heavy atom. The quantitative estimate of drug-likeness (QED) is 0.554. The minimum Gasteiger partial charge on any atom is -0.384 e. The van der Waals surface area contributed by atoms with Crippen molar-refractivity contribution in [3.8, 4) is 0 Å². The molecule has 1 atom stereocenters. The molecule has 0 radical (unpaired) electrons. The smallest absolute Gasteiger partial charge is 0.224 e. The Bertz CT molecular complexity index is 532. The first kappa shape index (κ1) is 17.5. The lowest BCUT2D eigenvalue weighted by Crippen LogP contribution is -2.47. The average molecular weight is 316 g/mol. The van der Waals surface area contributed by atoms with E-state index in [1.165, 1.54) is 6.42 Å². The Morgan fingerprint density at radius 3 is 2.48 bits per heavy atom. The first-order chi connectivity index (χ1) is 11.0. The van der Waals surface area contributed by atoms with Gasteiger partial charge in [0, 0.05) is 30.7 Å². The van der Waals surface area contributed by atoms with Crippen molar-refractivity contribution in [2.24, 2.45) is 5.73 Å². The van der Waals surface area contributed by atoms with E-state index in [0.29, 0.717) is 24.1 Å². The lowest BCUT2D eigenvalue weighted by atomic mass is 10.0. The third-order valence-corrected chi connectivity index (χ3v) is 4.74. The monoisotopic (exact) mass is 316 g/mol. The average Bonchev–Trinajstić information content (AvgIpc) is 2.55. The molecule has 1 aliphatic rings. The molecule has 126 valence electrons. The van der Waals surface area contributed by atoms with Crippen LogP contribution in [0.3, 0.4) is 0 Å². The number of carbonyl (C=O) groups is 1. The summed E-state index contributed by atoms with van der Waals surface area (Å²) in [7, 11) is 0. The minimum absolute atomic E-state index is 0.0501. The second-order valence-corrected chi connectivity index (χ2v) is 6.42. The number of amides is 1. The van der Waals surface area contributed by atoms with Gasteiger partial charge < -0.3 is 16.0 Å². The predicted octanol–water partition coefficient (Wildman–Crippen LogP) is 1.89. The normalized spacial score (nSPS) is 17.7. The molecule has 1 saturated heterocycles. The van der Waals surface area contributed by atoms with E-state index in [-0.39, 0.29) is 11.7 Å². The van der Waals surface area contributed by atoms with Crippen molar-refractivity contribution in [1.29, 1.82) is 5.41 Å². The summed E-state index contributed by atoms with van der Waals surface area (Å²) >= 11 is 0. The van der Waals surface area contributed by atoms with Gasteiger partial charge in [0.15, 0.2) is 0 Å². The van der Waals surface area contributed by atoms with Crippen LogP contribution in [0.4, 0.5) is 0 Å². The Morgan fingerprint density at radius 2 is 1.96 bits per heavy atom. The molecule has 1 aromatic rings. The van der Waals surface area contributed by atoms with Crippen LogP contribution in [0.5, 0.6) is 0 Å². The second-order valence-electron chi connectivity index (χ2n) is 6.42. The molecule has 1 heterocycles. The first-order valence-corrected chi connectivity index (χ1v) is 8.46. The molecule has 5 heteroatoms. The molecular formula is C18H28N4O. The summed E-state index contributed by atoms with van der Waals surface area (Å²) in [5, 5.41) is 10.5. The van der Waals surface area contributed by atoms with Gasteiger partial charge in [-0.25, -0.2) is 0 Å². The summed E-state index contributed by atoms with van der Waals surface area (Å²) in [6, 6.07) is 8.22. The summed E-state index contributed by atoms with van der Waals surface area (Å²) in [6.07, 6.45) is 3.61. The van der Waals surface area contributed by atoms with Gasteiger partial charge in [0.2, 0.25) is 5.91 Å². The highest BCUT2D eigenvalue weighted by Gasteiger charge is 2.22. The highest BCUT2D eigenvalue weighted by Crippen LogP contribution is 2.15. The van der Waals surface area contributed by atoms with Crippen molar-refractivity contribution in [1.82, 2.24) is 10.2 Å². The molecule has 0 aromatic heterocycles. The number of carbonyl (C=O) groups excluding carboxylic acids is 1. The Balaban J connectivity index is 1.78. The molecule has 1 aliphatic heterocycles. The number of nitrogens with one attached hydrogen (secondary N) is 2. The van der Waals surface area contributed by atoms with Crippen molar-refractivity contribution in [2.75, 3.05) is 13.1 Å². The van der Waals surface area contributed by atoms with Gasteiger partial charge in [0.1, 0.15) is 5.84 Å². The number of hydrogen-bond acceptors (Lipinski definition) is 3. The molecule has 1 fully saturated rings. The van der Waals surface area contributed by atoms with Gasteiger partial charge in [-0.05, 0) is 31.7 Å². The highest BCUT2D eigenvalue weighted by molar-refractivity contribution is 5.95. The van der Waals surface area contributed by atoms with Gasteiger partial charge in [-0.1, -0.05) is 31.2 Å². The molecule has 0 aliphatic carbocycles. The molecular weight excluding hydrogens is 288 g/mol. The van der Waals surface area contributed by atoms with E-state index < -0.39 is 0 Å². The summed E-state index contributed by atoms with van der Waals surface area (Å²) in [5.74, 6) is 0.122. The van der Waals surface area contributed by atoms with E-state index >= 15 is 0 Å². The zero-order chi connectivity index (χ0) is 16.8. The van der Waals surface area contributed by atoms with E-state index in [2.05, 4.69) is 24.1 Å². The molecule has 1 amide bonds. The molecule has 4 N–H and O–H groups in total. The maximum atomic E-state index is 12.2. The first-order valence-electron chi connectivity index (χ1n) is 8.46. The number of likely N-dealkylation sites (tertiary alicyclic amines) is 1. The molecule has 5 nitrogen and oxygen atoms in total. The Labute approximate surface area is 138 Å². The third kappa shape index (κ3) is 5.06. The molecule has 0 saturated carbocycles. The van der Waals surface area contributed by atoms with Crippen LogP contribution in [0.1, 0.15) is 44.2 Å². The lowest BCUT2D eigenvalue weighted by Gasteiger charge is -2.36. The van der Waals surface area contributed by atoms with Crippen molar-refractivity contribution in [2.45, 2.75) is 51.6 Å². The van der Waals surface area contributed by atoms with Crippen molar-refractivity contribution >= 4 is 11.7 Å². The number of hydrogen-bond donors (Lipinski definition) is 3. The van der Waals surface area contributed by atoms with E-state index in [0.717, 1.165) is 31.5 Å². The standard InChI is InChI=1S/C18H28N4O/c1-3-13(2)22-10-8-16(9-11-22)21-17(23)12-14-4-6-15(7-5-14)18(19)20/h4-7,13,16H,3,8-12H2,1-2H3,(H3,19,20)(H,21,23)/t13-/m1/s1. The van der Waals surface area contributed by atoms with E-state index in [4.69, 9.17) is 11.1 Å². The fourth-order valence-corrected chi connectivity index (χ4v) is 3.01. The largest absolute Gasteiger partial charge is 0.384 e. The fourth-order valence-electron chi connectivity index (χ4n) is 3.01. The summed E-state index contributed by atoms with van der Waals surface area (Å²) < 4.78 is 0. The maximum absolute atomic E-state index is 12.2. The summed E-state index contributed by atoms with van der Waals surface area (Å²) in [5.41, 5.74) is 7.07. The summed E-state index contributed by atoms with van der Waals surface area (Å²) in [4.78, 5) is 14.7. The summed E-state index contributed by atoms with van der Waals surface area (Å²) in [6.45, 7) is 6.61. The second kappa shape index (κ2) is 8.11. The van der Waals surface area contributed by atoms with E-state index in [9.17, 15) is 4.79 Å². The minimum atomic E-state index is 0.0501. The topological polar surface area (TPSA) is 82.2 Å². The van der Waals surface area contributed by atoms with E-state index in [1.807, 2.05) is 12.1 Å². The lowest BCUT2D eigenvalue weighted by molar-refractivity contribution is -0.121. The van der Waals surface area contributed by atoms with Crippen LogP contribution in [0, 0.1) is 5.41 Å². The molecule has 1 aromatic carbocycles. The number of amidine groups is 1. The molecule has 23 heavy (non-hydrogen) atoms. The van der Waals surface area contributed by atoms with Gasteiger partial charge in [-0.3, -0.25) is 10.2 Å². The zero-order valence-corrected chi connectivity index (χ0v) is 14.1. The van der Waals surface area contributed by atoms with Crippen LogP contribution in [-0.4, -0.2) is 41.8 Å². The van der Waals surface area contributed by atoms with Gasteiger partial charge >= 0.3 is 0 Å². The van der Waals surface area contributed by atoms with Gasteiger partial charge in [-0.2, -0.15) is 0 Å². The van der Waals surface area contributed by atoms with Crippen LogP contribution < -0.4 is 11.1 Å². The molecule has 2 rings (SSSR count). The fraction of sp³-hybridized carbons (Fsp3) is 0.556. The molecule has 0 unspecified atom stereocenters. The van der Waals surface area contributed by atoms with Crippen LogP contribution >= 0.6 is 0 Å². The number of rotatable bonds is 6. The van der Waals surface area contributed by atoms with Crippen molar-refractivity contribution in [3.05, 3.63) is 35.4 Å². The van der Waals surface area contributed by atoms with Gasteiger partial charge in [0.25, 0.3) is 0 Å². The van der Waals surface area contributed by atoms with Crippen LogP contribution in [-0.2, 0) is 11.2 Å². The number of nitrogen functional groups attached to an aromatic ring is 1. The number of nitrogens with zero attached hydrogens (tertiary/aromatic N) is 1. The number of piperidine rings is 1. The number of benzene rings is 1. The van der Waals surface area contributed by atoms with Crippen LogP contribution in [0.2, 0.25) is 0 Å². The maximum Gasteiger partial charge on any atom is 0.224 e. The molecule has 0 bridgehead atoms. The predicted molar refractivity (Wildman–Crippen MR) is 93.7 cm³/mol. The molecule has 0 spiro atoms. The Hall–Kier alpha value is -1.88. The Kier molecular flexibility index (Phi) is 6.16. The van der Waals surface area contributed by atoms with Crippen molar-refractivity contribution in [3.63, 3.8) is 0 Å². The van der Waals surface area contributed by atoms with Gasteiger partial charge in [-0.15, -0.1) is 0 Å². The van der Waals surface area contributed by atoms with Crippen molar-refractivity contribution < 1.29 is 4.79 Å². The SMILES string of the molecule is CC[C@@H](C)N1CCC(NC(=O)Cc2ccc(C(=N)N)cc2)CC1. The number of nitrogens with two attached hydrogens (primary N) is 1. The van der Waals surface area contributed by atoms with Crippen LogP contribution in [0.25, 0.3) is 0 Å².